The molecule has 1 fully saturated rings. The number of amides is 1. The van der Waals surface area contributed by atoms with Gasteiger partial charge in [-0.15, -0.1) is 0 Å². The van der Waals surface area contributed by atoms with E-state index >= 15 is 0 Å². The molecule has 1 unspecified atom stereocenters. The Morgan fingerprint density at radius 3 is 2.92 bits per heavy atom. The Morgan fingerprint density at radius 1 is 1.42 bits per heavy atom. The monoisotopic (exact) mass is 360 g/mol. The Hall–Kier alpha value is -2.24. The summed E-state index contributed by atoms with van der Waals surface area (Å²) in [6, 6.07) is 8.44. The summed E-state index contributed by atoms with van der Waals surface area (Å²) >= 11 is 0. The fourth-order valence-corrected chi connectivity index (χ4v) is 3.16. The number of aliphatic imine (C=N–C) groups is 1. The average Bonchev–Trinajstić information content (AvgIpc) is 3.12. The third-order valence-corrected chi connectivity index (χ3v) is 4.63. The zero-order valence-corrected chi connectivity index (χ0v) is 16.4. The standard InChI is InChI=1S/C20H32N4O2/c1-15(2)19(25)24-12-10-17(14-24)23-20(21-3)22-11-6-8-16-7-5-9-18(13-16)26-4/h5,7,9,13,15,17H,6,8,10-12,14H2,1-4H3,(H2,21,22,23). The van der Waals surface area contributed by atoms with E-state index in [1.54, 1.807) is 14.2 Å². The molecule has 2 rings (SSSR count). The van der Waals surface area contributed by atoms with E-state index in [0.29, 0.717) is 0 Å². The molecule has 0 saturated carbocycles. The zero-order chi connectivity index (χ0) is 18.9. The van der Waals surface area contributed by atoms with E-state index in [1.165, 1.54) is 5.56 Å². The summed E-state index contributed by atoms with van der Waals surface area (Å²) in [5.41, 5.74) is 1.27. The highest BCUT2D eigenvalue weighted by Crippen LogP contribution is 2.14. The number of ether oxygens (including phenoxy) is 1. The highest BCUT2D eigenvalue weighted by atomic mass is 16.5. The molecular weight excluding hydrogens is 328 g/mol. The van der Waals surface area contributed by atoms with Crippen molar-refractivity contribution >= 4 is 11.9 Å². The lowest BCUT2D eigenvalue weighted by molar-refractivity contribution is -0.133. The molecule has 0 spiro atoms. The van der Waals surface area contributed by atoms with Crippen LogP contribution in [-0.2, 0) is 11.2 Å². The third kappa shape index (κ3) is 5.93. The molecule has 0 bridgehead atoms. The van der Waals surface area contributed by atoms with Crippen molar-refractivity contribution in [1.82, 2.24) is 15.5 Å². The fraction of sp³-hybridized carbons (Fsp3) is 0.600. The number of carbonyl (C=O) groups is 1. The summed E-state index contributed by atoms with van der Waals surface area (Å²) in [6.45, 7) is 6.32. The first-order valence-corrected chi connectivity index (χ1v) is 9.42. The molecule has 1 heterocycles. The van der Waals surface area contributed by atoms with Crippen LogP contribution in [-0.4, -0.2) is 56.6 Å². The first-order chi connectivity index (χ1) is 12.5. The number of nitrogens with one attached hydrogen (secondary N) is 2. The van der Waals surface area contributed by atoms with Crippen LogP contribution in [0.25, 0.3) is 0 Å². The van der Waals surface area contributed by atoms with Crippen LogP contribution in [0, 0.1) is 5.92 Å². The van der Waals surface area contributed by atoms with Gasteiger partial charge in [-0.05, 0) is 37.0 Å². The molecule has 0 aliphatic carbocycles. The topological polar surface area (TPSA) is 66.0 Å². The molecule has 0 aromatic heterocycles. The van der Waals surface area contributed by atoms with Crippen molar-refractivity contribution in [1.29, 1.82) is 0 Å². The average molecular weight is 361 g/mol. The summed E-state index contributed by atoms with van der Waals surface area (Å²) in [4.78, 5) is 18.3. The van der Waals surface area contributed by atoms with E-state index < -0.39 is 0 Å². The second kappa shape index (κ2) is 10.0. The molecule has 2 N–H and O–H groups in total. The van der Waals surface area contributed by atoms with Gasteiger partial charge >= 0.3 is 0 Å². The van der Waals surface area contributed by atoms with Gasteiger partial charge < -0.3 is 20.3 Å². The molecule has 26 heavy (non-hydrogen) atoms. The maximum Gasteiger partial charge on any atom is 0.225 e. The normalized spacial score (nSPS) is 17.5. The Morgan fingerprint density at radius 2 is 2.23 bits per heavy atom. The van der Waals surface area contributed by atoms with E-state index in [1.807, 2.05) is 30.9 Å². The minimum absolute atomic E-state index is 0.0581. The highest BCUT2D eigenvalue weighted by Gasteiger charge is 2.27. The van der Waals surface area contributed by atoms with Gasteiger partial charge in [-0.2, -0.15) is 0 Å². The number of benzene rings is 1. The number of aryl methyl sites for hydroxylation is 1. The van der Waals surface area contributed by atoms with Crippen LogP contribution in [0.1, 0.15) is 32.3 Å². The number of hydrogen-bond acceptors (Lipinski definition) is 3. The minimum Gasteiger partial charge on any atom is -0.497 e. The van der Waals surface area contributed by atoms with E-state index in [0.717, 1.165) is 50.6 Å². The van der Waals surface area contributed by atoms with Crippen LogP contribution < -0.4 is 15.4 Å². The van der Waals surface area contributed by atoms with Gasteiger partial charge in [0, 0.05) is 38.6 Å². The molecule has 1 aromatic carbocycles. The molecule has 1 aliphatic heterocycles. The van der Waals surface area contributed by atoms with E-state index in [-0.39, 0.29) is 17.9 Å². The second-order valence-electron chi connectivity index (χ2n) is 7.02. The summed E-state index contributed by atoms with van der Waals surface area (Å²) in [7, 11) is 3.47. The van der Waals surface area contributed by atoms with Crippen LogP contribution in [0.5, 0.6) is 5.75 Å². The molecule has 1 saturated heterocycles. The molecule has 144 valence electrons. The number of methoxy groups -OCH3 is 1. The smallest absolute Gasteiger partial charge is 0.225 e. The van der Waals surface area contributed by atoms with Gasteiger partial charge in [0.05, 0.1) is 7.11 Å². The van der Waals surface area contributed by atoms with Crippen molar-refractivity contribution in [2.24, 2.45) is 10.9 Å². The van der Waals surface area contributed by atoms with Gasteiger partial charge in [-0.25, -0.2) is 0 Å². The van der Waals surface area contributed by atoms with Crippen molar-refractivity contribution in [3.05, 3.63) is 29.8 Å². The lowest BCUT2D eigenvalue weighted by atomic mass is 10.1. The molecular formula is C20H32N4O2. The van der Waals surface area contributed by atoms with Gasteiger partial charge in [0.15, 0.2) is 5.96 Å². The van der Waals surface area contributed by atoms with Crippen molar-refractivity contribution < 1.29 is 9.53 Å². The highest BCUT2D eigenvalue weighted by molar-refractivity contribution is 5.81. The van der Waals surface area contributed by atoms with Crippen LogP contribution in [0.3, 0.4) is 0 Å². The van der Waals surface area contributed by atoms with E-state index in [4.69, 9.17) is 4.74 Å². The van der Waals surface area contributed by atoms with Crippen LogP contribution in [0.15, 0.2) is 29.3 Å². The Balaban J connectivity index is 1.70. The number of likely N-dealkylation sites (tertiary alicyclic amines) is 1. The van der Waals surface area contributed by atoms with Gasteiger partial charge in [-0.3, -0.25) is 9.79 Å². The molecule has 0 radical (unpaired) electrons. The first kappa shape index (κ1) is 20.1. The largest absolute Gasteiger partial charge is 0.497 e. The van der Waals surface area contributed by atoms with Crippen LogP contribution in [0.2, 0.25) is 0 Å². The van der Waals surface area contributed by atoms with Crippen LogP contribution in [0.4, 0.5) is 0 Å². The van der Waals surface area contributed by atoms with Gasteiger partial charge in [0.1, 0.15) is 5.75 Å². The SMILES string of the molecule is CN=C(NCCCc1cccc(OC)c1)NC1CCN(C(=O)C(C)C)C1. The fourth-order valence-electron chi connectivity index (χ4n) is 3.16. The van der Waals surface area contributed by atoms with Crippen LogP contribution >= 0.6 is 0 Å². The lowest BCUT2D eigenvalue weighted by Gasteiger charge is -2.20. The zero-order valence-electron chi connectivity index (χ0n) is 16.4. The first-order valence-electron chi connectivity index (χ1n) is 9.42. The van der Waals surface area contributed by atoms with Crippen molar-refractivity contribution in [3.8, 4) is 5.75 Å². The molecule has 1 aliphatic rings. The Bertz CT molecular complexity index is 616. The van der Waals surface area contributed by atoms with Crippen molar-refractivity contribution in [3.63, 3.8) is 0 Å². The Kier molecular flexibility index (Phi) is 7.75. The quantitative estimate of drug-likeness (QED) is 0.444. The number of rotatable bonds is 7. The number of nitrogens with zero attached hydrogens (tertiary/aromatic N) is 2. The molecule has 6 heteroatoms. The van der Waals surface area contributed by atoms with E-state index in [9.17, 15) is 4.79 Å². The maximum atomic E-state index is 12.1. The summed E-state index contributed by atoms with van der Waals surface area (Å²) in [5, 5.41) is 6.80. The van der Waals surface area contributed by atoms with Gasteiger partial charge in [0.2, 0.25) is 5.91 Å². The second-order valence-corrected chi connectivity index (χ2v) is 7.02. The number of hydrogen-bond donors (Lipinski definition) is 2. The van der Waals surface area contributed by atoms with Crippen molar-refractivity contribution in [2.45, 2.75) is 39.2 Å². The predicted molar refractivity (Wildman–Crippen MR) is 106 cm³/mol. The summed E-state index contributed by atoms with van der Waals surface area (Å²) in [6.07, 6.45) is 2.96. The van der Waals surface area contributed by atoms with Gasteiger partial charge in [-0.1, -0.05) is 26.0 Å². The maximum absolute atomic E-state index is 12.1. The molecule has 6 nitrogen and oxygen atoms in total. The molecule has 1 atom stereocenters. The van der Waals surface area contributed by atoms with E-state index in [2.05, 4.69) is 27.8 Å². The third-order valence-electron chi connectivity index (χ3n) is 4.63. The predicted octanol–water partition coefficient (Wildman–Crippen LogP) is 2.05. The summed E-state index contributed by atoms with van der Waals surface area (Å²) in [5.74, 6) is 1.99. The molecule has 1 aromatic rings. The summed E-state index contributed by atoms with van der Waals surface area (Å²) < 4.78 is 5.26. The lowest BCUT2D eigenvalue weighted by Crippen LogP contribution is -2.45. The Labute approximate surface area is 157 Å². The number of guanidine groups is 1. The van der Waals surface area contributed by atoms with Gasteiger partial charge in [0.25, 0.3) is 0 Å². The molecule has 1 amide bonds. The number of carbonyl (C=O) groups excluding carboxylic acids is 1. The minimum atomic E-state index is 0.0581. The van der Waals surface area contributed by atoms with Crippen molar-refractivity contribution in [2.75, 3.05) is 33.8 Å².